The van der Waals surface area contributed by atoms with Gasteiger partial charge in [-0.15, -0.1) is 0 Å². The molecule has 8 nitrogen and oxygen atoms in total. The number of nitrogens with one attached hydrogen (secondary N) is 1. The lowest BCUT2D eigenvalue weighted by molar-refractivity contribution is -0.139. The lowest BCUT2D eigenvalue weighted by atomic mass is 9.76. The van der Waals surface area contributed by atoms with Crippen molar-refractivity contribution in [1.29, 1.82) is 0 Å². The normalized spacial score (nSPS) is 24.6. The lowest BCUT2D eigenvalue weighted by Crippen LogP contribution is -2.62. The number of para-hydroxylation sites is 1. The van der Waals surface area contributed by atoms with E-state index >= 15 is 0 Å². The minimum atomic E-state index is -0.417. The number of amides is 4. The van der Waals surface area contributed by atoms with Crippen molar-refractivity contribution in [3.8, 4) is 0 Å². The van der Waals surface area contributed by atoms with Gasteiger partial charge in [0.25, 0.3) is 0 Å². The molecule has 0 radical (unpaired) electrons. The van der Waals surface area contributed by atoms with Crippen LogP contribution >= 0.6 is 0 Å². The number of carbonyl (C=O) groups excluding carboxylic acids is 4. The van der Waals surface area contributed by atoms with Crippen molar-refractivity contribution >= 4 is 35.0 Å². The highest BCUT2D eigenvalue weighted by molar-refractivity contribution is 6.17. The molecule has 3 aliphatic rings. The Kier molecular flexibility index (Phi) is 6.28. The second kappa shape index (κ2) is 9.52. The van der Waals surface area contributed by atoms with Crippen molar-refractivity contribution in [2.75, 3.05) is 36.0 Å². The first-order chi connectivity index (χ1) is 16.9. The van der Waals surface area contributed by atoms with E-state index in [9.17, 15) is 19.2 Å². The van der Waals surface area contributed by atoms with Crippen LogP contribution in [0.5, 0.6) is 0 Å². The largest absolute Gasteiger partial charge is 0.368 e. The number of rotatable bonds is 4. The maximum absolute atomic E-state index is 13.3. The number of benzene rings is 2. The molecule has 2 aliphatic heterocycles. The van der Waals surface area contributed by atoms with Crippen LogP contribution < -0.4 is 15.1 Å². The molecule has 0 aromatic heterocycles. The summed E-state index contributed by atoms with van der Waals surface area (Å²) in [4.78, 5) is 56.0. The van der Waals surface area contributed by atoms with Gasteiger partial charge in [0.05, 0.1) is 11.6 Å². The van der Waals surface area contributed by atoms with Gasteiger partial charge in [0, 0.05) is 49.4 Å². The van der Waals surface area contributed by atoms with E-state index in [-0.39, 0.29) is 35.5 Å². The molecule has 5 rings (SSSR count). The van der Waals surface area contributed by atoms with Crippen LogP contribution in [0.1, 0.15) is 36.5 Å². The maximum atomic E-state index is 13.3. The van der Waals surface area contributed by atoms with Crippen LogP contribution in [0, 0.1) is 11.8 Å². The highest BCUT2D eigenvalue weighted by atomic mass is 16.2. The molecule has 0 bridgehead atoms. The first kappa shape index (κ1) is 23.1. The number of nitrogens with zero attached hydrogens (tertiary/aromatic N) is 3. The molecular weight excluding hydrogens is 444 g/mol. The van der Waals surface area contributed by atoms with E-state index < -0.39 is 6.03 Å². The molecule has 3 atom stereocenters. The second-order valence-electron chi connectivity index (χ2n) is 9.60. The average molecular weight is 475 g/mol. The molecule has 2 heterocycles. The molecule has 182 valence electrons. The summed E-state index contributed by atoms with van der Waals surface area (Å²) in [5.74, 6) is -0.506. The summed E-state index contributed by atoms with van der Waals surface area (Å²) >= 11 is 0. The van der Waals surface area contributed by atoms with Crippen molar-refractivity contribution in [3.05, 3.63) is 60.2 Å². The van der Waals surface area contributed by atoms with E-state index in [0.29, 0.717) is 43.6 Å². The quantitative estimate of drug-likeness (QED) is 0.688. The predicted octanol–water partition coefficient (Wildman–Crippen LogP) is 3.08. The summed E-state index contributed by atoms with van der Waals surface area (Å²) in [6.07, 6.45) is 1.74. The SMILES string of the molecule is CC(=O)c1ccc(N2CCN(C(=O)C3CCC4C(=O)N(c5ccccc5)C(=O)NC4C3)CC2)cc1. The molecular formula is C27H30N4O4. The van der Waals surface area contributed by atoms with Crippen LogP contribution in [0.15, 0.2) is 54.6 Å². The Balaban J connectivity index is 1.18. The van der Waals surface area contributed by atoms with E-state index in [1.165, 1.54) is 4.90 Å². The third-order valence-electron chi connectivity index (χ3n) is 7.49. The minimum Gasteiger partial charge on any atom is -0.368 e. The van der Waals surface area contributed by atoms with E-state index in [4.69, 9.17) is 0 Å². The third-order valence-corrected chi connectivity index (χ3v) is 7.49. The summed E-state index contributed by atoms with van der Waals surface area (Å²) < 4.78 is 0. The Morgan fingerprint density at radius 1 is 0.857 bits per heavy atom. The number of urea groups is 1. The fraction of sp³-hybridized carbons (Fsp3) is 0.407. The molecule has 3 unspecified atom stereocenters. The number of fused-ring (bicyclic) bond motifs is 1. The van der Waals surface area contributed by atoms with Crippen LogP contribution in [0.4, 0.5) is 16.2 Å². The smallest absolute Gasteiger partial charge is 0.328 e. The van der Waals surface area contributed by atoms with Gasteiger partial charge in [-0.05, 0) is 62.6 Å². The summed E-state index contributed by atoms with van der Waals surface area (Å²) in [6, 6.07) is 15.8. The zero-order valence-electron chi connectivity index (χ0n) is 19.9. The Bertz CT molecular complexity index is 1130. The molecule has 1 aliphatic carbocycles. The van der Waals surface area contributed by atoms with Gasteiger partial charge in [-0.2, -0.15) is 0 Å². The van der Waals surface area contributed by atoms with Gasteiger partial charge < -0.3 is 15.1 Å². The highest BCUT2D eigenvalue weighted by Crippen LogP contribution is 2.35. The van der Waals surface area contributed by atoms with Gasteiger partial charge in [0.15, 0.2) is 5.78 Å². The van der Waals surface area contributed by atoms with Crippen LogP contribution in [0.2, 0.25) is 0 Å². The predicted molar refractivity (Wildman–Crippen MR) is 132 cm³/mol. The first-order valence-electron chi connectivity index (χ1n) is 12.3. The molecule has 3 fully saturated rings. The number of carbonyl (C=O) groups is 4. The number of ketones is 1. The molecule has 1 N–H and O–H groups in total. The second-order valence-corrected chi connectivity index (χ2v) is 9.60. The summed E-state index contributed by atoms with van der Waals surface area (Å²) in [5, 5.41) is 2.99. The number of hydrogen-bond acceptors (Lipinski definition) is 5. The average Bonchev–Trinajstić information content (AvgIpc) is 2.89. The zero-order valence-corrected chi connectivity index (χ0v) is 19.9. The minimum absolute atomic E-state index is 0.0466. The van der Waals surface area contributed by atoms with Gasteiger partial charge in [-0.25, -0.2) is 9.69 Å². The van der Waals surface area contributed by atoms with Crippen LogP contribution in [-0.4, -0.2) is 60.7 Å². The zero-order chi connectivity index (χ0) is 24.5. The fourth-order valence-corrected chi connectivity index (χ4v) is 5.51. The first-order valence-corrected chi connectivity index (χ1v) is 12.3. The van der Waals surface area contributed by atoms with Crippen molar-refractivity contribution in [2.24, 2.45) is 11.8 Å². The van der Waals surface area contributed by atoms with E-state index in [2.05, 4.69) is 10.2 Å². The van der Waals surface area contributed by atoms with Gasteiger partial charge in [-0.1, -0.05) is 18.2 Å². The Hall–Kier alpha value is -3.68. The monoisotopic (exact) mass is 474 g/mol. The molecule has 35 heavy (non-hydrogen) atoms. The van der Waals surface area contributed by atoms with E-state index in [1.54, 1.807) is 31.2 Å². The van der Waals surface area contributed by atoms with Gasteiger partial charge >= 0.3 is 6.03 Å². The molecule has 2 aromatic carbocycles. The Morgan fingerprint density at radius 3 is 2.20 bits per heavy atom. The fourth-order valence-electron chi connectivity index (χ4n) is 5.51. The van der Waals surface area contributed by atoms with Crippen molar-refractivity contribution in [2.45, 2.75) is 32.2 Å². The van der Waals surface area contributed by atoms with E-state index in [0.717, 1.165) is 18.8 Å². The molecule has 4 amide bonds. The highest BCUT2D eigenvalue weighted by Gasteiger charge is 2.46. The Labute approximate surface area is 204 Å². The van der Waals surface area contributed by atoms with Gasteiger partial charge in [-0.3, -0.25) is 14.4 Å². The van der Waals surface area contributed by atoms with Gasteiger partial charge in [0.2, 0.25) is 11.8 Å². The third kappa shape index (κ3) is 4.52. The summed E-state index contributed by atoms with van der Waals surface area (Å²) in [5.41, 5.74) is 2.31. The topological polar surface area (TPSA) is 90.0 Å². The molecule has 8 heteroatoms. The molecule has 1 saturated carbocycles. The molecule has 0 spiro atoms. The number of anilines is 2. The number of imide groups is 1. The van der Waals surface area contributed by atoms with Crippen molar-refractivity contribution < 1.29 is 19.2 Å². The van der Waals surface area contributed by atoms with Gasteiger partial charge in [0.1, 0.15) is 0 Å². The van der Waals surface area contributed by atoms with Crippen molar-refractivity contribution in [1.82, 2.24) is 10.2 Å². The van der Waals surface area contributed by atoms with Crippen LogP contribution in [0.25, 0.3) is 0 Å². The summed E-state index contributed by atoms with van der Waals surface area (Å²) in [7, 11) is 0. The Morgan fingerprint density at radius 2 is 1.54 bits per heavy atom. The standard InChI is InChI=1S/C27H30N4O4/c1-18(32)19-7-10-21(11-8-19)29-13-15-30(16-14-29)25(33)20-9-12-23-24(17-20)28-27(35)31(26(23)34)22-5-3-2-4-6-22/h2-8,10-11,20,23-24H,9,12-17H2,1H3,(H,28,35). The lowest BCUT2D eigenvalue weighted by Gasteiger charge is -2.43. The van der Waals surface area contributed by atoms with Crippen molar-refractivity contribution in [3.63, 3.8) is 0 Å². The molecule has 2 saturated heterocycles. The van der Waals surface area contributed by atoms with Crippen LogP contribution in [0.3, 0.4) is 0 Å². The maximum Gasteiger partial charge on any atom is 0.328 e. The van der Waals surface area contributed by atoms with Crippen LogP contribution in [-0.2, 0) is 9.59 Å². The molecule has 2 aromatic rings. The number of Topliss-reactive ketones (excluding diaryl/α,β-unsaturated/α-hetero) is 1. The summed E-state index contributed by atoms with van der Waals surface area (Å²) in [6.45, 7) is 4.27. The van der Waals surface area contributed by atoms with E-state index in [1.807, 2.05) is 35.2 Å². The number of piperazine rings is 1. The number of hydrogen-bond donors (Lipinski definition) is 1.